The third-order valence-corrected chi connectivity index (χ3v) is 6.67. The van der Waals surface area contributed by atoms with Crippen molar-refractivity contribution in [3.8, 4) is 11.3 Å². The minimum Gasteiger partial charge on any atom is -0.320 e. The summed E-state index contributed by atoms with van der Waals surface area (Å²) in [5, 5.41) is 8.87. The number of fused-ring (bicyclic) bond motifs is 1. The maximum Gasteiger partial charge on any atom is 0.281 e. The number of anilines is 1. The molecule has 4 rings (SSSR count). The third-order valence-electron chi connectivity index (χ3n) is 6.67. The largest absolute Gasteiger partial charge is 0.320 e. The quantitative estimate of drug-likeness (QED) is 0.446. The van der Waals surface area contributed by atoms with E-state index in [1.165, 1.54) is 41.5 Å². The number of likely N-dealkylation sites (N-methyl/N-ethyl adjacent to an activating group) is 1. The first-order valence-electron chi connectivity index (χ1n) is 12.3. The van der Waals surface area contributed by atoms with Crippen LogP contribution in [0.25, 0.3) is 11.3 Å². The number of halogens is 1. The third kappa shape index (κ3) is 5.45. The van der Waals surface area contributed by atoms with E-state index in [1.807, 2.05) is 19.1 Å². The van der Waals surface area contributed by atoms with E-state index in [0.29, 0.717) is 17.7 Å². The van der Waals surface area contributed by atoms with E-state index in [0.717, 1.165) is 23.8 Å². The molecule has 0 saturated carbocycles. The Morgan fingerprint density at radius 1 is 1.08 bits per heavy atom. The lowest BCUT2D eigenvalue weighted by molar-refractivity contribution is -0.118. The Hall–Kier alpha value is -3.62. The number of nitrogens with one attached hydrogen (secondary N) is 3. The van der Waals surface area contributed by atoms with Crippen molar-refractivity contribution in [1.82, 2.24) is 15.2 Å². The molecule has 0 radical (unpaired) electrons. The molecule has 1 heterocycles. The van der Waals surface area contributed by atoms with Crippen LogP contribution in [0.1, 0.15) is 48.1 Å². The number of rotatable bonds is 8. The van der Waals surface area contributed by atoms with E-state index in [-0.39, 0.29) is 24.2 Å². The van der Waals surface area contributed by atoms with Crippen molar-refractivity contribution in [3.63, 3.8) is 0 Å². The number of nitrogens with zero attached hydrogens (tertiary/aromatic N) is 1. The second kappa shape index (κ2) is 11.4. The minimum atomic E-state index is -0.632. The highest BCUT2D eigenvalue weighted by Crippen LogP contribution is 2.29. The summed E-state index contributed by atoms with van der Waals surface area (Å²) in [4.78, 5) is 39.5. The predicted molar refractivity (Wildman–Crippen MR) is 139 cm³/mol. The topological polar surface area (TPSA) is 92.2 Å². The molecule has 1 unspecified atom stereocenters. The monoisotopic (exact) mass is 490 g/mol. The highest BCUT2D eigenvalue weighted by atomic mass is 19.1. The molecule has 0 saturated heterocycles. The number of carbonyl (C=O) groups excluding carboxylic acids is 2. The van der Waals surface area contributed by atoms with Gasteiger partial charge in [0.25, 0.3) is 5.56 Å². The van der Waals surface area contributed by atoms with Gasteiger partial charge in [0.2, 0.25) is 11.8 Å². The van der Waals surface area contributed by atoms with E-state index in [1.54, 1.807) is 13.1 Å². The molecule has 188 valence electrons. The number of hydrogen-bond donors (Lipinski definition) is 3. The van der Waals surface area contributed by atoms with Gasteiger partial charge in [-0.25, -0.2) is 8.96 Å². The van der Waals surface area contributed by atoms with E-state index in [2.05, 4.69) is 28.1 Å². The highest BCUT2D eigenvalue weighted by Gasteiger charge is 2.23. The van der Waals surface area contributed by atoms with Crippen molar-refractivity contribution in [2.24, 2.45) is 0 Å². The summed E-state index contributed by atoms with van der Waals surface area (Å²) in [6.45, 7) is 1.79. The Balaban J connectivity index is 1.66. The first-order chi connectivity index (χ1) is 17.4. The lowest BCUT2D eigenvalue weighted by atomic mass is 9.88. The molecule has 36 heavy (non-hydrogen) atoms. The Morgan fingerprint density at radius 3 is 2.56 bits per heavy atom. The van der Waals surface area contributed by atoms with Crippen LogP contribution in [0.15, 0.2) is 65.5 Å². The zero-order chi connectivity index (χ0) is 25.7. The Morgan fingerprint density at radius 2 is 1.83 bits per heavy atom. The van der Waals surface area contributed by atoms with E-state index in [4.69, 9.17) is 0 Å². The van der Waals surface area contributed by atoms with Gasteiger partial charge in [-0.15, -0.1) is 0 Å². The molecule has 3 aromatic rings. The molecule has 1 aliphatic rings. The average Bonchev–Trinajstić information content (AvgIpc) is 2.89. The number of benzene rings is 2. The second-order valence-electron chi connectivity index (χ2n) is 8.94. The van der Waals surface area contributed by atoms with Crippen molar-refractivity contribution in [2.75, 3.05) is 18.9 Å². The van der Waals surface area contributed by atoms with Crippen molar-refractivity contribution in [3.05, 3.63) is 88.0 Å². The van der Waals surface area contributed by atoms with E-state index < -0.39 is 23.3 Å². The number of aromatic nitrogens is 1. The number of hydrogen-bond acceptors (Lipinski definition) is 5. The molecule has 0 spiro atoms. The van der Waals surface area contributed by atoms with Crippen LogP contribution in [0.4, 0.5) is 10.1 Å². The van der Waals surface area contributed by atoms with Crippen LogP contribution in [-0.4, -0.2) is 36.0 Å². The molecule has 0 bridgehead atoms. The van der Waals surface area contributed by atoms with Crippen LogP contribution in [0, 0.1) is 5.82 Å². The standard InChI is InChI=1S/C28H31FN4O3/c1-3-22(30-2)27(35)32-24-15-16-25(19-11-13-20(29)14-12-19)33(28(24)36)26(34)17-31-23-10-6-8-18-7-4-5-9-21(18)23/h4-5,7,9,11-16,22-23,30-31H,3,6,8,10,17H2,1-2H3,(H,32,35)/t22-,23?/m0/s1. The molecular formula is C28H31FN4O3. The summed E-state index contributed by atoms with van der Waals surface area (Å²) in [7, 11) is 1.67. The van der Waals surface area contributed by atoms with Gasteiger partial charge in [0.1, 0.15) is 11.5 Å². The van der Waals surface area contributed by atoms with Crippen LogP contribution in [0.5, 0.6) is 0 Å². The molecule has 3 N–H and O–H groups in total. The fourth-order valence-corrected chi connectivity index (χ4v) is 4.72. The smallest absolute Gasteiger partial charge is 0.281 e. The summed E-state index contributed by atoms with van der Waals surface area (Å²) in [6, 6.07) is 16.4. The Labute approximate surface area is 209 Å². The SMILES string of the molecule is CC[C@H](NC)C(=O)Nc1ccc(-c2ccc(F)cc2)n(C(=O)CNC2CCCc3ccccc32)c1=O. The van der Waals surface area contributed by atoms with Crippen molar-refractivity contribution in [2.45, 2.75) is 44.7 Å². The molecule has 1 aromatic heterocycles. The van der Waals surface area contributed by atoms with Crippen LogP contribution >= 0.6 is 0 Å². The molecular weight excluding hydrogens is 459 g/mol. The van der Waals surface area contributed by atoms with Gasteiger partial charge in [-0.2, -0.15) is 0 Å². The maximum absolute atomic E-state index is 13.5. The van der Waals surface area contributed by atoms with Gasteiger partial charge in [-0.1, -0.05) is 31.2 Å². The molecule has 2 atom stereocenters. The summed E-state index contributed by atoms with van der Waals surface area (Å²) in [5.74, 6) is -1.24. The number of aryl methyl sites for hydroxylation is 1. The number of pyridine rings is 1. The van der Waals surface area contributed by atoms with Crippen LogP contribution in [-0.2, 0) is 11.2 Å². The lowest BCUT2D eigenvalue weighted by Crippen LogP contribution is -2.41. The van der Waals surface area contributed by atoms with Crippen LogP contribution in [0.2, 0.25) is 0 Å². The Bertz CT molecular complexity index is 1300. The minimum absolute atomic E-state index is 0.00713. The van der Waals surface area contributed by atoms with Gasteiger partial charge in [0.05, 0.1) is 18.3 Å². The molecule has 1 aliphatic carbocycles. The summed E-state index contributed by atoms with van der Waals surface area (Å²) in [6.07, 6.45) is 3.44. The van der Waals surface area contributed by atoms with E-state index >= 15 is 0 Å². The number of amides is 1. The van der Waals surface area contributed by atoms with Crippen molar-refractivity contribution in [1.29, 1.82) is 0 Å². The second-order valence-corrected chi connectivity index (χ2v) is 8.94. The van der Waals surface area contributed by atoms with Crippen LogP contribution in [0.3, 0.4) is 0 Å². The lowest BCUT2D eigenvalue weighted by Gasteiger charge is -2.26. The van der Waals surface area contributed by atoms with Crippen LogP contribution < -0.4 is 21.5 Å². The Kier molecular flexibility index (Phi) is 8.07. The summed E-state index contributed by atoms with van der Waals surface area (Å²) in [5.41, 5.74) is 2.65. The molecule has 7 nitrogen and oxygen atoms in total. The molecule has 0 aliphatic heterocycles. The first kappa shape index (κ1) is 25.5. The van der Waals surface area contributed by atoms with Gasteiger partial charge < -0.3 is 16.0 Å². The molecule has 0 fully saturated rings. The molecule has 2 aromatic carbocycles. The van der Waals surface area contributed by atoms with Gasteiger partial charge in [-0.05, 0) is 85.8 Å². The van der Waals surface area contributed by atoms with Crippen molar-refractivity contribution < 1.29 is 14.0 Å². The highest BCUT2D eigenvalue weighted by molar-refractivity contribution is 5.95. The molecule has 1 amide bonds. The van der Waals surface area contributed by atoms with Gasteiger partial charge in [0, 0.05) is 6.04 Å². The fourth-order valence-electron chi connectivity index (χ4n) is 4.72. The zero-order valence-corrected chi connectivity index (χ0v) is 20.5. The average molecular weight is 491 g/mol. The summed E-state index contributed by atoms with van der Waals surface area (Å²) >= 11 is 0. The molecule has 8 heteroatoms. The maximum atomic E-state index is 13.5. The van der Waals surface area contributed by atoms with Gasteiger partial charge in [-0.3, -0.25) is 14.4 Å². The first-order valence-corrected chi connectivity index (χ1v) is 12.3. The zero-order valence-electron chi connectivity index (χ0n) is 20.5. The summed E-state index contributed by atoms with van der Waals surface area (Å²) < 4.78 is 14.6. The van der Waals surface area contributed by atoms with Crippen molar-refractivity contribution >= 4 is 17.5 Å². The normalized spacial score (nSPS) is 15.7. The number of carbonyl (C=O) groups is 2. The fraction of sp³-hybridized carbons (Fsp3) is 0.321. The predicted octanol–water partition coefficient (Wildman–Crippen LogP) is 3.90. The van der Waals surface area contributed by atoms with Gasteiger partial charge in [0.15, 0.2) is 0 Å². The van der Waals surface area contributed by atoms with Gasteiger partial charge >= 0.3 is 0 Å². The van der Waals surface area contributed by atoms with E-state index in [9.17, 15) is 18.8 Å².